The quantitative estimate of drug-likeness (QED) is 0.881. The molecule has 0 saturated heterocycles. The van der Waals surface area contributed by atoms with Crippen LogP contribution < -0.4 is 4.72 Å². The van der Waals surface area contributed by atoms with Crippen molar-refractivity contribution < 1.29 is 22.3 Å². The molecular formula is C13H14FNO4S. The van der Waals surface area contributed by atoms with Gasteiger partial charge >= 0.3 is 0 Å². The van der Waals surface area contributed by atoms with Crippen molar-refractivity contribution in [3.63, 3.8) is 0 Å². The maximum Gasteiger partial charge on any atom is 0.240 e. The Hall–Kier alpha value is -1.70. The molecule has 0 aliphatic rings. The van der Waals surface area contributed by atoms with E-state index in [1.165, 1.54) is 24.5 Å². The van der Waals surface area contributed by atoms with Crippen molar-refractivity contribution in [3.05, 3.63) is 53.7 Å². The number of furan rings is 1. The number of aliphatic hydroxyl groups is 1. The lowest BCUT2D eigenvalue weighted by molar-refractivity contribution is 0.154. The highest BCUT2D eigenvalue weighted by Gasteiger charge is 2.18. The second kappa shape index (κ2) is 5.74. The number of sulfonamides is 1. The molecule has 108 valence electrons. The van der Waals surface area contributed by atoms with Gasteiger partial charge < -0.3 is 9.52 Å². The number of aryl methyl sites for hydroxylation is 1. The molecule has 1 atom stereocenters. The van der Waals surface area contributed by atoms with Crippen LogP contribution >= 0.6 is 0 Å². The minimum absolute atomic E-state index is 0.179. The van der Waals surface area contributed by atoms with E-state index in [1.807, 2.05) is 0 Å². The van der Waals surface area contributed by atoms with Crippen molar-refractivity contribution in [1.82, 2.24) is 4.72 Å². The van der Waals surface area contributed by atoms with Crippen molar-refractivity contribution in [1.29, 1.82) is 0 Å². The Bertz CT molecular complexity index is 662. The first-order valence-corrected chi connectivity index (χ1v) is 7.35. The fourth-order valence-electron chi connectivity index (χ4n) is 1.71. The molecule has 0 radical (unpaired) electrons. The summed E-state index contributed by atoms with van der Waals surface area (Å²) in [7, 11) is -3.88. The van der Waals surface area contributed by atoms with Crippen molar-refractivity contribution in [2.24, 2.45) is 0 Å². The van der Waals surface area contributed by atoms with Gasteiger partial charge in [0.2, 0.25) is 10.0 Å². The maximum absolute atomic E-state index is 13.2. The summed E-state index contributed by atoms with van der Waals surface area (Å²) in [6, 6.07) is 6.63. The van der Waals surface area contributed by atoms with Crippen molar-refractivity contribution in [2.45, 2.75) is 17.9 Å². The summed E-state index contributed by atoms with van der Waals surface area (Å²) >= 11 is 0. The monoisotopic (exact) mass is 299 g/mol. The summed E-state index contributed by atoms with van der Waals surface area (Å²) in [6.07, 6.45) is 0.276. The first-order chi connectivity index (χ1) is 9.38. The van der Waals surface area contributed by atoms with E-state index in [2.05, 4.69) is 4.72 Å². The van der Waals surface area contributed by atoms with Gasteiger partial charge in [-0.25, -0.2) is 17.5 Å². The summed E-state index contributed by atoms with van der Waals surface area (Å²) in [5.74, 6) is -0.375. The van der Waals surface area contributed by atoms with E-state index in [-0.39, 0.29) is 17.2 Å². The summed E-state index contributed by atoms with van der Waals surface area (Å²) in [5.41, 5.74) is 0.497. The van der Waals surface area contributed by atoms with Gasteiger partial charge in [0.15, 0.2) is 0 Å². The van der Waals surface area contributed by atoms with Crippen LogP contribution in [0.2, 0.25) is 0 Å². The fourth-order valence-corrected chi connectivity index (χ4v) is 2.86. The number of hydrogen-bond donors (Lipinski definition) is 2. The third kappa shape index (κ3) is 3.44. The SMILES string of the molecule is Cc1cc(F)cc(S(=O)(=O)NCC(O)c2ccco2)c1. The molecule has 1 unspecified atom stereocenters. The average Bonchev–Trinajstić information content (AvgIpc) is 2.88. The van der Waals surface area contributed by atoms with E-state index >= 15 is 0 Å². The maximum atomic E-state index is 13.2. The third-order valence-corrected chi connectivity index (χ3v) is 4.07. The highest BCUT2D eigenvalue weighted by molar-refractivity contribution is 7.89. The van der Waals surface area contributed by atoms with Gasteiger partial charge in [0, 0.05) is 6.54 Å². The number of rotatable bonds is 5. The third-order valence-electron chi connectivity index (χ3n) is 2.66. The molecule has 20 heavy (non-hydrogen) atoms. The Kier molecular flexibility index (Phi) is 4.22. The van der Waals surface area contributed by atoms with E-state index in [0.29, 0.717) is 5.56 Å². The van der Waals surface area contributed by atoms with E-state index in [9.17, 15) is 17.9 Å². The van der Waals surface area contributed by atoms with Crippen LogP contribution in [0.3, 0.4) is 0 Å². The van der Waals surface area contributed by atoms with Gasteiger partial charge in [0.05, 0.1) is 11.2 Å². The molecule has 1 aromatic carbocycles. The molecule has 0 bridgehead atoms. The highest BCUT2D eigenvalue weighted by atomic mass is 32.2. The summed E-state index contributed by atoms with van der Waals surface area (Å²) < 4.78 is 44.4. The summed E-state index contributed by atoms with van der Waals surface area (Å²) in [4.78, 5) is -0.179. The lowest BCUT2D eigenvalue weighted by atomic mass is 10.2. The molecule has 1 heterocycles. The Balaban J connectivity index is 2.11. The number of nitrogens with one attached hydrogen (secondary N) is 1. The van der Waals surface area contributed by atoms with E-state index in [4.69, 9.17) is 4.42 Å². The standard InChI is InChI=1S/C13H14FNO4S/c1-9-5-10(14)7-11(6-9)20(17,18)15-8-12(16)13-3-2-4-19-13/h2-7,12,15-16H,8H2,1H3. The van der Waals surface area contributed by atoms with Gasteiger partial charge in [-0.15, -0.1) is 0 Å². The first kappa shape index (κ1) is 14.7. The molecule has 1 aromatic heterocycles. The molecule has 2 aromatic rings. The predicted molar refractivity (Wildman–Crippen MR) is 70.0 cm³/mol. The van der Waals surface area contributed by atoms with E-state index in [0.717, 1.165) is 6.07 Å². The molecule has 2 N–H and O–H groups in total. The zero-order valence-electron chi connectivity index (χ0n) is 10.7. The Morgan fingerprint density at radius 1 is 1.40 bits per heavy atom. The highest BCUT2D eigenvalue weighted by Crippen LogP contribution is 2.16. The molecule has 0 amide bonds. The van der Waals surface area contributed by atoms with Crippen LogP contribution in [0.5, 0.6) is 0 Å². The van der Waals surface area contributed by atoms with Gasteiger partial charge in [-0.3, -0.25) is 0 Å². The van der Waals surface area contributed by atoms with Gasteiger partial charge in [0.25, 0.3) is 0 Å². The number of aliphatic hydroxyl groups excluding tert-OH is 1. The zero-order chi connectivity index (χ0) is 14.8. The number of halogens is 1. The van der Waals surface area contributed by atoms with Crippen LogP contribution in [0.15, 0.2) is 45.9 Å². The minimum atomic E-state index is -3.88. The molecule has 5 nitrogen and oxygen atoms in total. The number of benzene rings is 1. The van der Waals surface area contributed by atoms with Crippen LogP contribution in [-0.2, 0) is 10.0 Å². The zero-order valence-corrected chi connectivity index (χ0v) is 11.5. The van der Waals surface area contributed by atoms with Crippen LogP contribution in [0, 0.1) is 12.7 Å². The average molecular weight is 299 g/mol. The largest absolute Gasteiger partial charge is 0.467 e. The lowest BCUT2D eigenvalue weighted by Gasteiger charge is -2.11. The van der Waals surface area contributed by atoms with E-state index < -0.39 is 21.9 Å². The summed E-state index contributed by atoms with van der Waals surface area (Å²) in [5, 5.41) is 9.73. The topological polar surface area (TPSA) is 79.5 Å². The van der Waals surface area contributed by atoms with Crippen LogP contribution in [0.25, 0.3) is 0 Å². The molecule has 7 heteroatoms. The molecule has 0 aliphatic heterocycles. The van der Waals surface area contributed by atoms with Crippen LogP contribution in [-0.4, -0.2) is 20.1 Å². The molecule has 0 spiro atoms. The second-order valence-electron chi connectivity index (χ2n) is 4.35. The smallest absolute Gasteiger partial charge is 0.240 e. The second-order valence-corrected chi connectivity index (χ2v) is 6.11. The van der Waals surface area contributed by atoms with Crippen molar-refractivity contribution >= 4 is 10.0 Å². The van der Waals surface area contributed by atoms with Gasteiger partial charge in [-0.2, -0.15) is 0 Å². The molecule has 0 saturated carbocycles. The van der Waals surface area contributed by atoms with Crippen molar-refractivity contribution in [3.8, 4) is 0 Å². The normalized spacial score (nSPS) is 13.3. The Labute approximate surface area is 116 Å². The fraction of sp³-hybridized carbons (Fsp3) is 0.231. The van der Waals surface area contributed by atoms with Crippen molar-refractivity contribution in [2.75, 3.05) is 6.54 Å². The molecular weight excluding hydrogens is 285 g/mol. The van der Waals surface area contributed by atoms with Crippen LogP contribution in [0.4, 0.5) is 4.39 Å². The number of hydrogen-bond acceptors (Lipinski definition) is 4. The van der Waals surface area contributed by atoms with Gasteiger partial charge in [0.1, 0.15) is 17.7 Å². The molecule has 2 rings (SSSR count). The Morgan fingerprint density at radius 3 is 2.75 bits per heavy atom. The first-order valence-electron chi connectivity index (χ1n) is 5.87. The predicted octanol–water partition coefficient (Wildman–Crippen LogP) is 1.74. The van der Waals surface area contributed by atoms with E-state index in [1.54, 1.807) is 13.0 Å². The van der Waals surface area contributed by atoms with Gasteiger partial charge in [-0.05, 0) is 42.8 Å². The van der Waals surface area contributed by atoms with Gasteiger partial charge in [-0.1, -0.05) is 0 Å². The molecule has 0 aliphatic carbocycles. The molecule has 0 fully saturated rings. The Morgan fingerprint density at radius 2 is 2.15 bits per heavy atom. The lowest BCUT2D eigenvalue weighted by Crippen LogP contribution is -2.28. The minimum Gasteiger partial charge on any atom is -0.467 e. The van der Waals surface area contributed by atoms with Crippen LogP contribution in [0.1, 0.15) is 17.4 Å². The summed E-state index contributed by atoms with van der Waals surface area (Å²) in [6.45, 7) is 1.34.